The molecule has 1 aliphatic rings. The van der Waals surface area contributed by atoms with E-state index in [1.807, 2.05) is 23.9 Å². The van der Waals surface area contributed by atoms with E-state index >= 15 is 0 Å². The molecule has 0 N–H and O–H groups in total. The van der Waals surface area contributed by atoms with Crippen LogP contribution in [-0.4, -0.2) is 24.0 Å². The van der Waals surface area contributed by atoms with Crippen LogP contribution in [0.3, 0.4) is 0 Å². The number of halogens is 1. The van der Waals surface area contributed by atoms with Gasteiger partial charge in [-0.25, -0.2) is 8.42 Å². The summed E-state index contributed by atoms with van der Waals surface area (Å²) in [7, 11) is 1.74. The van der Waals surface area contributed by atoms with Crippen LogP contribution < -0.4 is 0 Å². The van der Waals surface area contributed by atoms with Gasteiger partial charge in [-0.05, 0) is 25.5 Å². The number of fused-ring (bicyclic) bond motifs is 1. The third-order valence-corrected chi connectivity index (χ3v) is 6.54. The van der Waals surface area contributed by atoms with Gasteiger partial charge in [0.25, 0.3) is 9.05 Å². The Kier molecular flexibility index (Phi) is 3.80. The van der Waals surface area contributed by atoms with Crippen LogP contribution in [0.2, 0.25) is 0 Å². The molecule has 1 atom stereocenters. The van der Waals surface area contributed by atoms with Gasteiger partial charge in [-0.2, -0.15) is 5.10 Å². The SMILES string of the molecule is Cc1nn(CC2CSc3ccccc32)c(C)c1S(=O)(=O)Cl. The maximum atomic E-state index is 11.6. The molecule has 1 aromatic heterocycles. The average molecular weight is 343 g/mol. The Labute approximate surface area is 132 Å². The lowest BCUT2D eigenvalue weighted by Gasteiger charge is -2.12. The van der Waals surface area contributed by atoms with Crippen molar-refractivity contribution in [1.29, 1.82) is 0 Å². The molecule has 4 nitrogen and oxygen atoms in total. The third-order valence-electron chi connectivity index (χ3n) is 3.75. The number of hydrogen-bond donors (Lipinski definition) is 0. The van der Waals surface area contributed by atoms with Crippen LogP contribution in [0, 0.1) is 13.8 Å². The molecule has 0 bridgehead atoms. The molecule has 0 saturated carbocycles. The molecule has 0 spiro atoms. The van der Waals surface area contributed by atoms with Gasteiger partial charge in [0.15, 0.2) is 0 Å². The molecule has 1 unspecified atom stereocenters. The second-order valence-corrected chi connectivity index (χ2v) is 8.73. The van der Waals surface area contributed by atoms with E-state index in [0.717, 1.165) is 5.75 Å². The highest BCUT2D eigenvalue weighted by Gasteiger charge is 2.27. The molecule has 0 aliphatic carbocycles. The van der Waals surface area contributed by atoms with Crippen LogP contribution in [0.4, 0.5) is 0 Å². The topological polar surface area (TPSA) is 52.0 Å². The minimum atomic E-state index is -3.75. The highest BCUT2D eigenvalue weighted by Crippen LogP contribution is 2.40. The summed E-state index contributed by atoms with van der Waals surface area (Å²) in [6.07, 6.45) is 0. The van der Waals surface area contributed by atoms with Crippen molar-refractivity contribution in [1.82, 2.24) is 9.78 Å². The highest BCUT2D eigenvalue weighted by atomic mass is 35.7. The van der Waals surface area contributed by atoms with Crippen molar-refractivity contribution in [3.63, 3.8) is 0 Å². The number of rotatable bonds is 3. The molecule has 0 amide bonds. The Morgan fingerprint density at radius 1 is 1.38 bits per heavy atom. The predicted octanol–water partition coefficient (Wildman–Crippen LogP) is 3.32. The van der Waals surface area contributed by atoms with Crippen molar-refractivity contribution >= 4 is 31.5 Å². The van der Waals surface area contributed by atoms with Crippen molar-refractivity contribution in [3.8, 4) is 0 Å². The number of nitrogens with zero attached hydrogens (tertiary/aromatic N) is 2. The summed E-state index contributed by atoms with van der Waals surface area (Å²) >= 11 is 1.83. The molecule has 112 valence electrons. The molecular weight excluding hydrogens is 328 g/mol. The van der Waals surface area contributed by atoms with Crippen molar-refractivity contribution in [2.24, 2.45) is 0 Å². The summed E-state index contributed by atoms with van der Waals surface area (Å²) in [4.78, 5) is 1.44. The largest absolute Gasteiger partial charge is 0.268 e. The second kappa shape index (κ2) is 5.34. The highest BCUT2D eigenvalue weighted by molar-refractivity contribution is 8.13. The number of aryl methyl sites for hydroxylation is 1. The minimum absolute atomic E-state index is 0.142. The first kappa shape index (κ1) is 14.9. The number of thioether (sulfide) groups is 1. The zero-order valence-corrected chi connectivity index (χ0v) is 14.1. The Bertz CT molecular complexity index is 799. The summed E-state index contributed by atoms with van der Waals surface area (Å²) < 4.78 is 25.0. The van der Waals surface area contributed by atoms with Crippen molar-refractivity contribution in [2.75, 3.05) is 5.75 Å². The van der Waals surface area contributed by atoms with E-state index in [1.165, 1.54) is 10.5 Å². The zero-order chi connectivity index (χ0) is 15.2. The Balaban J connectivity index is 1.95. The van der Waals surface area contributed by atoms with E-state index in [-0.39, 0.29) is 4.90 Å². The monoisotopic (exact) mass is 342 g/mol. The quantitative estimate of drug-likeness (QED) is 0.803. The Morgan fingerprint density at radius 2 is 2.10 bits per heavy atom. The summed E-state index contributed by atoms with van der Waals surface area (Å²) in [5, 5.41) is 4.36. The van der Waals surface area contributed by atoms with Gasteiger partial charge in [-0.1, -0.05) is 18.2 Å². The molecule has 0 saturated heterocycles. The van der Waals surface area contributed by atoms with Crippen molar-refractivity contribution in [3.05, 3.63) is 41.2 Å². The van der Waals surface area contributed by atoms with Gasteiger partial charge < -0.3 is 0 Å². The van der Waals surface area contributed by atoms with Gasteiger partial charge in [0.2, 0.25) is 0 Å². The zero-order valence-electron chi connectivity index (χ0n) is 11.7. The molecule has 3 rings (SSSR count). The molecule has 0 radical (unpaired) electrons. The van der Waals surface area contributed by atoms with Crippen LogP contribution in [0.25, 0.3) is 0 Å². The number of hydrogen-bond acceptors (Lipinski definition) is 4. The maximum Gasteiger partial charge on any atom is 0.264 e. The lowest BCUT2D eigenvalue weighted by atomic mass is 10.0. The second-order valence-electron chi connectivity index (χ2n) is 5.17. The van der Waals surface area contributed by atoms with Gasteiger partial charge >= 0.3 is 0 Å². The normalized spacial score (nSPS) is 18.0. The fourth-order valence-electron chi connectivity index (χ4n) is 2.80. The van der Waals surface area contributed by atoms with Crippen LogP contribution in [-0.2, 0) is 15.6 Å². The molecule has 1 aromatic carbocycles. The van der Waals surface area contributed by atoms with E-state index in [0.29, 0.717) is 23.9 Å². The molecule has 21 heavy (non-hydrogen) atoms. The average Bonchev–Trinajstić information content (AvgIpc) is 2.92. The van der Waals surface area contributed by atoms with Crippen LogP contribution in [0.5, 0.6) is 0 Å². The molecular formula is C14H15ClN2O2S2. The summed E-state index contributed by atoms with van der Waals surface area (Å²) in [5.74, 6) is 1.33. The van der Waals surface area contributed by atoms with Crippen LogP contribution in [0.15, 0.2) is 34.1 Å². The van der Waals surface area contributed by atoms with E-state index in [9.17, 15) is 8.42 Å². The Hall–Kier alpha value is -0.980. The van der Waals surface area contributed by atoms with E-state index < -0.39 is 9.05 Å². The molecule has 0 fully saturated rings. The smallest absolute Gasteiger partial charge is 0.264 e. The lowest BCUT2D eigenvalue weighted by molar-refractivity contribution is 0.533. The first-order valence-corrected chi connectivity index (χ1v) is 9.88. The van der Waals surface area contributed by atoms with E-state index in [4.69, 9.17) is 10.7 Å². The van der Waals surface area contributed by atoms with Gasteiger partial charge in [0, 0.05) is 33.8 Å². The minimum Gasteiger partial charge on any atom is -0.268 e. The molecule has 2 aromatic rings. The van der Waals surface area contributed by atoms with Gasteiger partial charge in [-0.15, -0.1) is 11.8 Å². The fourth-order valence-corrected chi connectivity index (χ4v) is 5.56. The van der Waals surface area contributed by atoms with Crippen LogP contribution >= 0.6 is 22.4 Å². The van der Waals surface area contributed by atoms with E-state index in [2.05, 4.69) is 17.2 Å². The van der Waals surface area contributed by atoms with Gasteiger partial charge in [0.1, 0.15) is 4.90 Å². The van der Waals surface area contributed by atoms with Crippen molar-refractivity contribution < 1.29 is 8.42 Å². The summed E-state index contributed by atoms with van der Waals surface area (Å²) in [6, 6.07) is 8.32. The first-order chi connectivity index (χ1) is 9.88. The van der Waals surface area contributed by atoms with Gasteiger partial charge in [0.05, 0.1) is 11.4 Å². The molecule has 1 aliphatic heterocycles. The third kappa shape index (κ3) is 2.72. The summed E-state index contributed by atoms with van der Waals surface area (Å²) in [5.41, 5.74) is 2.38. The first-order valence-electron chi connectivity index (χ1n) is 6.58. The lowest BCUT2D eigenvalue weighted by Crippen LogP contribution is -2.12. The number of benzene rings is 1. The van der Waals surface area contributed by atoms with Crippen LogP contribution in [0.1, 0.15) is 22.9 Å². The summed E-state index contributed by atoms with van der Waals surface area (Å²) in [6.45, 7) is 4.10. The molecule has 7 heteroatoms. The maximum absolute atomic E-state index is 11.6. The Morgan fingerprint density at radius 3 is 2.76 bits per heavy atom. The molecule has 2 heterocycles. The van der Waals surface area contributed by atoms with Gasteiger partial charge in [-0.3, -0.25) is 4.68 Å². The fraction of sp³-hybridized carbons (Fsp3) is 0.357. The van der Waals surface area contributed by atoms with E-state index in [1.54, 1.807) is 18.5 Å². The van der Waals surface area contributed by atoms with Crippen molar-refractivity contribution in [2.45, 2.75) is 36.1 Å². The number of aromatic nitrogens is 2. The standard InChI is InChI=1S/C14H15ClN2O2S2/c1-9-14(21(15,18)19)10(2)17(16-9)7-11-8-20-13-6-4-3-5-12(11)13/h3-6,11H,7-8H2,1-2H3. The predicted molar refractivity (Wildman–Crippen MR) is 84.6 cm³/mol.